The van der Waals surface area contributed by atoms with Crippen molar-refractivity contribution in [3.8, 4) is 0 Å². The van der Waals surface area contributed by atoms with E-state index in [4.69, 9.17) is 0 Å². The van der Waals surface area contributed by atoms with Gasteiger partial charge in [0.15, 0.2) is 0 Å². The number of hydrogen-bond acceptors (Lipinski definition) is 2. The van der Waals surface area contributed by atoms with Gasteiger partial charge in [-0.1, -0.05) is 19.3 Å². The van der Waals surface area contributed by atoms with E-state index in [0.29, 0.717) is 12.1 Å². The van der Waals surface area contributed by atoms with Crippen molar-refractivity contribution in [2.45, 2.75) is 57.0 Å². The molecular formula is C12H22N2O. The lowest BCUT2D eigenvalue weighted by Gasteiger charge is -2.39. The summed E-state index contributed by atoms with van der Waals surface area (Å²) in [5.41, 5.74) is 0. The van der Waals surface area contributed by atoms with Crippen molar-refractivity contribution in [3.05, 3.63) is 0 Å². The Morgan fingerprint density at radius 2 is 1.53 bits per heavy atom. The van der Waals surface area contributed by atoms with Crippen LogP contribution in [-0.2, 0) is 4.79 Å². The Morgan fingerprint density at radius 3 is 2.13 bits per heavy atom. The second kappa shape index (κ2) is 5.50. The Balaban J connectivity index is 1.91. The number of rotatable bonds is 3. The maximum Gasteiger partial charge on any atom is 0.210 e. The fourth-order valence-corrected chi connectivity index (χ4v) is 2.95. The van der Waals surface area contributed by atoms with Gasteiger partial charge in [0.1, 0.15) is 0 Å². The summed E-state index contributed by atoms with van der Waals surface area (Å²) < 4.78 is 0. The monoisotopic (exact) mass is 210 g/mol. The predicted octanol–water partition coefficient (Wildman–Crippen LogP) is 1.53. The van der Waals surface area contributed by atoms with Crippen molar-refractivity contribution >= 4 is 6.41 Å². The SMILES string of the molecule is O=CN(C1CCCCC1)C1CCNCC1. The lowest BCUT2D eigenvalue weighted by atomic mass is 9.92. The molecule has 15 heavy (non-hydrogen) atoms. The maximum absolute atomic E-state index is 11.2. The number of nitrogens with zero attached hydrogens (tertiary/aromatic N) is 1. The van der Waals surface area contributed by atoms with Crippen LogP contribution in [0.25, 0.3) is 0 Å². The fraction of sp³-hybridized carbons (Fsp3) is 0.917. The summed E-state index contributed by atoms with van der Waals surface area (Å²) in [5.74, 6) is 0. The number of amides is 1. The smallest absolute Gasteiger partial charge is 0.210 e. The molecular weight excluding hydrogens is 188 g/mol. The lowest BCUT2D eigenvalue weighted by molar-refractivity contribution is -0.124. The van der Waals surface area contributed by atoms with E-state index >= 15 is 0 Å². The molecule has 3 nitrogen and oxygen atoms in total. The molecule has 3 heteroatoms. The van der Waals surface area contributed by atoms with Crippen LogP contribution in [0.2, 0.25) is 0 Å². The van der Waals surface area contributed by atoms with Crippen LogP contribution in [0.4, 0.5) is 0 Å². The third kappa shape index (κ3) is 2.71. The van der Waals surface area contributed by atoms with Gasteiger partial charge in [-0.05, 0) is 38.8 Å². The standard InChI is InChI=1S/C12H22N2O/c15-10-14(11-4-2-1-3-5-11)12-6-8-13-9-7-12/h10-13H,1-9H2. The first-order valence-electron chi connectivity index (χ1n) is 6.35. The molecule has 1 saturated carbocycles. The molecule has 1 aliphatic carbocycles. The first-order chi connectivity index (χ1) is 7.42. The Kier molecular flexibility index (Phi) is 4.01. The molecule has 0 aromatic heterocycles. The molecule has 2 aliphatic rings. The van der Waals surface area contributed by atoms with Crippen LogP contribution in [-0.4, -0.2) is 36.5 Å². The van der Waals surface area contributed by atoms with Crippen LogP contribution in [0.15, 0.2) is 0 Å². The molecule has 1 amide bonds. The van der Waals surface area contributed by atoms with Gasteiger partial charge in [0, 0.05) is 12.1 Å². The molecule has 0 aromatic rings. The summed E-state index contributed by atoms with van der Waals surface area (Å²) in [6, 6.07) is 1.05. The van der Waals surface area contributed by atoms with Gasteiger partial charge < -0.3 is 10.2 Å². The molecule has 2 fully saturated rings. The minimum absolute atomic E-state index is 0.506. The predicted molar refractivity (Wildman–Crippen MR) is 60.7 cm³/mol. The molecule has 0 spiro atoms. The van der Waals surface area contributed by atoms with Crippen LogP contribution in [0.3, 0.4) is 0 Å². The average Bonchev–Trinajstić information content (AvgIpc) is 2.33. The van der Waals surface area contributed by atoms with Gasteiger partial charge >= 0.3 is 0 Å². The molecule has 1 N–H and O–H groups in total. The third-order valence-corrected chi connectivity index (χ3v) is 3.85. The van der Waals surface area contributed by atoms with Crippen molar-refractivity contribution in [2.24, 2.45) is 0 Å². The van der Waals surface area contributed by atoms with E-state index < -0.39 is 0 Å². The zero-order chi connectivity index (χ0) is 10.5. The molecule has 0 unspecified atom stereocenters. The maximum atomic E-state index is 11.2. The van der Waals surface area contributed by atoms with E-state index in [1.165, 1.54) is 32.1 Å². The largest absolute Gasteiger partial charge is 0.339 e. The highest BCUT2D eigenvalue weighted by Gasteiger charge is 2.27. The van der Waals surface area contributed by atoms with Gasteiger partial charge in [-0.3, -0.25) is 4.79 Å². The van der Waals surface area contributed by atoms with Crippen molar-refractivity contribution in [1.82, 2.24) is 10.2 Å². The van der Waals surface area contributed by atoms with E-state index in [1.54, 1.807) is 0 Å². The Labute approximate surface area is 92.2 Å². The second-order valence-electron chi connectivity index (χ2n) is 4.83. The van der Waals surface area contributed by atoms with E-state index in [1.807, 2.05) is 0 Å². The number of carbonyl (C=O) groups excluding carboxylic acids is 1. The van der Waals surface area contributed by atoms with Crippen LogP contribution < -0.4 is 5.32 Å². The van der Waals surface area contributed by atoms with Gasteiger partial charge in [0.25, 0.3) is 0 Å². The van der Waals surface area contributed by atoms with E-state index in [0.717, 1.165) is 32.3 Å². The molecule has 86 valence electrons. The second-order valence-corrected chi connectivity index (χ2v) is 4.83. The number of piperidine rings is 1. The third-order valence-electron chi connectivity index (χ3n) is 3.85. The molecule has 0 radical (unpaired) electrons. The summed E-state index contributed by atoms with van der Waals surface area (Å²) in [7, 11) is 0. The van der Waals surface area contributed by atoms with Gasteiger partial charge in [0.2, 0.25) is 6.41 Å². The van der Waals surface area contributed by atoms with E-state index in [9.17, 15) is 4.79 Å². The molecule has 1 aliphatic heterocycles. The fourth-order valence-electron chi connectivity index (χ4n) is 2.95. The number of hydrogen-bond donors (Lipinski definition) is 1. The summed E-state index contributed by atoms with van der Waals surface area (Å²) >= 11 is 0. The molecule has 0 bridgehead atoms. The van der Waals surface area contributed by atoms with Crippen molar-refractivity contribution in [1.29, 1.82) is 0 Å². The molecule has 1 heterocycles. The first-order valence-corrected chi connectivity index (χ1v) is 6.35. The highest BCUT2D eigenvalue weighted by atomic mass is 16.1. The van der Waals surface area contributed by atoms with Crippen LogP contribution >= 0.6 is 0 Å². The average molecular weight is 210 g/mol. The quantitative estimate of drug-likeness (QED) is 0.716. The first kappa shape index (κ1) is 10.9. The molecule has 2 rings (SSSR count). The molecule has 1 saturated heterocycles. The minimum Gasteiger partial charge on any atom is -0.339 e. The van der Waals surface area contributed by atoms with Crippen LogP contribution in [0, 0.1) is 0 Å². The van der Waals surface area contributed by atoms with Crippen molar-refractivity contribution < 1.29 is 4.79 Å². The zero-order valence-electron chi connectivity index (χ0n) is 9.45. The summed E-state index contributed by atoms with van der Waals surface area (Å²) in [6.45, 7) is 2.14. The summed E-state index contributed by atoms with van der Waals surface area (Å²) in [4.78, 5) is 13.3. The Morgan fingerprint density at radius 1 is 0.933 bits per heavy atom. The lowest BCUT2D eigenvalue weighted by Crippen LogP contribution is -2.47. The summed E-state index contributed by atoms with van der Waals surface area (Å²) in [6.07, 6.45) is 9.79. The number of carbonyl (C=O) groups is 1. The van der Waals surface area contributed by atoms with Gasteiger partial charge in [-0.15, -0.1) is 0 Å². The Bertz CT molecular complexity index is 178. The van der Waals surface area contributed by atoms with Gasteiger partial charge in [-0.25, -0.2) is 0 Å². The molecule has 0 atom stereocenters. The van der Waals surface area contributed by atoms with Crippen LogP contribution in [0.5, 0.6) is 0 Å². The van der Waals surface area contributed by atoms with Gasteiger partial charge in [-0.2, -0.15) is 0 Å². The highest BCUT2D eigenvalue weighted by molar-refractivity contribution is 5.48. The van der Waals surface area contributed by atoms with E-state index in [-0.39, 0.29) is 0 Å². The van der Waals surface area contributed by atoms with Crippen molar-refractivity contribution in [2.75, 3.05) is 13.1 Å². The molecule has 0 aromatic carbocycles. The zero-order valence-corrected chi connectivity index (χ0v) is 9.45. The normalized spacial score (nSPS) is 25.1. The minimum atomic E-state index is 0.506. The topological polar surface area (TPSA) is 32.3 Å². The Hall–Kier alpha value is -0.570. The summed E-state index contributed by atoms with van der Waals surface area (Å²) in [5, 5.41) is 3.35. The number of nitrogens with one attached hydrogen (secondary N) is 1. The van der Waals surface area contributed by atoms with E-state index in [2.05, 4.69) is 10.2 Å². The van der Waals surface area contributed by atoms with Crippen LogP contribution in [0.1, 0.15) is 44.9 Å². The van der Waals surface area contributed by atoms with Gasteiger partial charge in [0.05, 0.1) is 0 Å². The highest BCUT2D eigenvalue weighted by Crippen LogP contribution is 2.25. The van der Waals surface area contributed by atoms with Crippen molar-refractivity contribution in [3.63, 3.8) is 0 Å².